The summed E-state index contributed by atoms with van der Waals surface area (Å²) in [6.45, 7) is 12.3. The molecule has 1 unspecified atom stereocenters. The Morgan fingerprint density at radius 3 is 2.36 bits per heavy atom. The Kier molecular flexibility index (Phi) is 7.18. The van der Waals surface area contributed by atoms with Crippen LogP contribution >= 0.6 is 0 Å². The quantitative estimate of drug-likeness (QED) is 0.732. The second-order valence-corrected chi connectivity index (χ2v) is 10.0. The Hall–Kier alpha value is -2.66. The molecule has 5 nitrogen and oxygen atoms in total. The third-order valence-corrected chi connectivity index (χ3v) is 7.16. The van der Waals surface area contributed by atoms with Crippen molar-refractivity contribution in [3.63, 3.8) is 0 Å². The molecule has 0 bridgehead atoms. The average Bonchev–Trinajstić information content (AvgIpc) is 2.77. The van der Waals surface area contributed by atoms with Gasteiger partial charge in [0.25, 0.3) is 0 Å². The number of piperidine rings is 1. The van der Waals surface area contributed by atoms with Gasteiger partial charge in [-0.25, -0.2) is 0 Å². The molecular weight excluding hydrogens is 410 g/mol. The van der Waals surface area contributed by atoms with Gasteiger partial charge in [-0.15, -0.1) is 0 Å². The number of aryl methyl sites for hydroxylation is 4. The van der Waals surface area contributed by atoms with Crippen LogP contribution in [0.5, 0.6) is 0 Å². The Morgan fingerprint density at radius 2 is 1.64 bits per heavy atom. The van der Waals surface area contributed by atoms with E-state index in [1.807, 2.05) is 26.0 Å². The number of nitrogens with zero attached hydrogens (tertiary/aromatic N) is 2. The van der Waals surface area contributed by atoms with Crippen LogP contribution in [0.2, 0.25) is 0 Å². The molecule has 1 N–H and O–H groups in total. The van der Waals surface area contributed by atoms with Crippen molar-refractivity contribution in [2.24, 2.45) is 5.92 Å². The van der Waals surface area contributed by atoms with E-state index in [0.717, 1.165) is 62.3 Å². The Bertz CT molecular complexity index is 1030. The van der Waals surface area contributed by atoms with Gasteiger partial charge in [-0.1, -0.05) is 18.2 Å². The normalized spacial score (nSPS) is 18.7. The van der Waals surface area contributed by atoms with Crippen molar-refractivity contribution in [2.45, 2.75) is 59.9 Å². The smallest absolute Gasteiger partial charge is 0.227 e. The maximum Gasteiger partial charge on any atom is 0.227 e. The fourth-order valence-electron chi connectivity index (χ4n) is 5.29. The van der Waals surface area contributed by atoms with Crippen LogP contribution in [0.15, 0.2) is 30.3 Å². The molecule has 2 aromatic rings. The molecule has 0 saturated carbocycles. The maximum atomic E-state index is 13.3. The summed E-state index contributed by atoms with van der Waals surface area (Å²) in [4.78, 5) is 30.2. The first kappa shape index (κ1) is 23.5. The van der Waals surface area contributed by atoms with Crippen LogP contribution in [0.25, 0.3) is 0 Å². The lowest BCUT2D eigenvalue weighted by Crippen LogP contribution is -2.46. The van der Waals surface area contributed by atoms with Gasteiger partial charge < -0.3 is 15.1 Å². The first-order chi connectivity index (χ1) is 15.8. The topological polar surface area (TPSA) is 52.7 Å². The van der Waals surface area contributed by atoms with E-state index in [2.05, 4.69) is 47.2 Å². The van der Waals surface area contributed by atoms with Crippen molar-refractivity contribution in [3.8, 4) is 0 Å². The molecule has 33 heavy (non-hydrogen) atoms. The predicted molar refractivity (Wildman–Crippen MR) is 133 cm³/mol. The fourth-order valence-corrected chi connectivity index (χ4v) is 5.29. The number of anilines is 1. The third-order valence-electron chi connectivity index (χ3n) is 7.16. The first-order valence-electron chi connectivity index (χ1n) is 12.3. The van der Waals surface area contributed by atoms with Gasteiger partial charge in [0.05, 0.1) is 5.92 Å². The molecule has 2 heterocycles. The highest BCUT2D eigenvalue weighted by Gasteiger charge is 2.31. The van der Waals surface area contributed by atoms with Crippen molar-refractivity contribution in [3.05, 3.63) is 63.7 Å². The number of carbonyl (C=O) groups is 2. The molecule has 0 aliphatic carbocycles. The number of amides is 2. The molecule has 5 heteroatoms. The van der Waals surface area contributed by atoms with Crippen LogP contribution in [-0.4, -0.2) is 47.8 Å². The van der Waals surface area contributed by atoms with E-state index in [0.29, 0.717) is 13.0 Å². The minimum atomic E-state index is 0.0340. The zero-order chi connectivity index (χ0) is 23.5. The molecule has 176 valence electrons. The van der Waals surface area contributed by atoms with Crippen LogP contribution in [0.3, 0.4) is 0 Å². The molecule has 0 radical (unpaired) electrons. The summed E-state index contributed by atoms with van der Waals surface area (Å²) >= 11 is 0. The SMILES string of the molecule is Cc1cc(C)cc(NC(=O)CCN2CCCC(C(=O)N3CCc4cc(C)c(C)cc4C3)C2)c1. The zero-order valence-electron chi connectivity index (χ0n) is 20.5. The highest BCUT2D eigenvalue weighted by Crippen LogP contribution is 2.26. The summed E-state index contributed by atoms with van der Waals surface area (Å²) in [5.74, 6) is 0.351. The van der Waals surface area contributed by atoms with Gasteiger partial charge in [0.1, 0.15) is 0 Å². The number of fused-ring (bicyclic) bond motifs is 1. The van der Waals surface area contributed by atoms with Gasteiger partial charge in [0, 0.05) is 38.3 Å². The van der Waals surface area contributed by atoms with E-state index in [4.69, 9.17) is 0 Å². The second-order valence-electron chi connectivity index (χ2n) is 10.0. The summed E-state index contributed by atoms with van der Waals surface area (Å²) < 4.78 is 0. The van der Waals surface area contributed by atoms with Gasteiger partial charge >= 0.3 is 0 Å². The standard InChI is InChI=1S/C28H37N3O2/c1-19-12-20(2)14-26(13-19)29-27(32)8-10-30-9-5-6-24(17-30)28(33)31-11-7-23-15-21(3)22(4)16-25(23)18-31/h12-16,24H,5-11,17-18H2,1-4H3,(H,29,32). The highest BCUT2D eigenvalue weighted by molar-refractivity contribution is 5.91. The average molecular weight is 448 g/mol. The molecule has 1 saturated heterocycles. The molecule has 1 atom stereocenters. The van der Waals surface area contributed by atoms with Crippen LogP contribution < -0.4 is 5.32 Å². The maximum absolute atomic E-state index is 13.3. The van der Waals surface area contributed by atoms with Crippen LogP contribution in [-0.2, 0) is 22.6 Å². The number of nitrogens with one attached hydrogen (secondary N) is 1. The van der Waals surface area contributed by atoms with Gasteiger partial charge in [0.2, 0.25) is 11.8 Å². The number of hydrogen-bond acceptors (Lipinski definition) is 3. The summed E-state index contributed by atoms with van der Waals surface area (Å²) in [5, 5.41) is 3.03. The number of likely N-dealkylation sites (tertiary alicyclic amines) is 1. The Morgan fingerprint density at radius 1 is 0.939 bits per heavy atom. The van der Waals surface area contributed by atoms with E-state index >= 15 is 0 Å². The van der Waals surface area contributed by atoms with E-state index in [1.165, 1.54) is 22.3 Å². The molecular formula is C28H37N3O2. The molecule has 2 aliphatic heterocycles. The van der Waals surface area contributed by atoms with Crippen molar-refractivity contribution in [1.82, 2.24) is 9.80 Å². The van der Waals surface area contributed by atoms with Crippen molar-refractivity contribution in [2.75, 3.05) is 31.5 Å². The Labute approximate surface area is 198 Å². The lowest BCUT2D eigenvalue weighted by atomic mass is 9.92. The third kappa shape index (κ3) is 5.83. The van der Waals surface area contributed by atoms with E-state index in [9.17, 15) is 9.59 Å². The molecule has 2 aromatic carbocycles. The van der Waals surface area contributed by atoms with Gasteiger partial charge in [0.15, 0.2) is 0 Å². The zero-order valence-corrected chi connectivity index (χ0v) is 20.5. The predicted octanol–water partition coefficient (Wildman–Crippen LogP) is 4.55. The lowest BCUT2D eigenvalue weighted by Gasteiger charge is -2.37. The van der Waals surface area contributed by atoms with Crippen LogP contribution in [0.4, 0.5) is 5.69 Å². The summed E-state index contributed by atoms with van der Waals surface area (Å²) in [6.07, 6.45) is 3.35. The molecule has 1 fully saturated rings. The van der Waals surface area contributed by atoms with Crippen molar-refractivity contribution in [1.29, 1.82) is 0 Å². The molecule has 2 aliphatic rings. The minimum absolute atomic E-state index is 0.0340. The molecule has 2 amide bonds. The van der Waals surface area contributed by atoms with Crippen molar-refractivity contribution >= 4 is 17.5 Å². The summed E-state index contributed by atoms with van der Waals surface area (Å²) in [7, 11) is 0. The van der Waals surface area contributed by atoms with Gasteiger partial charge in [-0.2, -0.15) is 0 Å². The number of hydrogen-bond donors (Lipinski definition) is 1. The monoisotopic (exact) mass is 447 g/mol. The van der Waals surface area contributed by atoms with Crippen LogP contribution in [0.1, 0.15) is 52.6 Å². The molecule has 4 rings (SSSR count). The largest absolute Gasteiger partial charge is 0.338 e. The van der Waals surface area contributed by atoms with E-state index in [1.54, 1.807) is 0 Å². The number of carbonyl (C=O) groups excluding carboxylic acids is 2. The van der Waals surface area contributed by atoms with Gasteiger partial charge in [-0.05, 0) is 99.0 Å². The lowest BCUT2D eigenvalue weighted by molar-refractivity contribution is -0.138. The Balaban J connectivity index is 1.29. The molecule has 0 spiro atoms. The van der Waals surface area contributed by atoms with Crippen LogP contribution in [0, 0.1) is 33.6 Å². The van der Waals surface area contributed by atoms with Gasteiger partial charge in [-0.3, -0.25) is 9.59 Å². The first-order valence-corrected chi connectivity index (χ1v) is 12.3. The highest BCUT2D eigenvalue weighted by atomic mass is 16.2. The minimum Gasteiger partial charge on any atom is -0.338 e. The number of benzene rings is 2. The summed E-state index contributed by atoms with van der Waals surface area (Å²) in [6, 6.07) is 10.6. The fraction of sp³-hybridized carbons (Fsp3) is 0.500. The molecule has 0 aromatic heterocycles. The number of rotatable bonds is 5. The second kappa shape index (κ2) is 10.1. The summed E-state index contributed by atoms with van der Waals surface area (Å²) in [5.41, 5.74) is 8.47. The van der Waals surface area contributed by atoms with Crippen molar-refractivity contribution < 1.29 is 9.59 Å². The van der Waals surface area contributed by atoms with E-state index in [-0.39, 0.29) is 17.7 Å². The van der Waals surface area contributed by atoms with E-state index < -0.39 is 0 Å².